The van der Waals surface area contributed by atoms with Crippen LogP contribution in [0, 0.1) is 0 Å². The number of hydrogen-bond donors (Lipinski definition) is 0. The molecule has 0 saturated heterocycles. The average Bonchev–Trinajstić information content (AvgIpc) is 2.42. The molecule has 1 aromatic heterocycles. The van der Waals surface area contributed by atoms with Gasteiger partial charge in [0.1, 0.15) is 5.75 Å². The predicted molar refractivity (Wildman–Crippen MR) is 80.2 cm³/mol. The molecule has 0 bridgehead atoms. The maximum Gasteiger partial charge on any atom is 0.119 e. The summed E-state index contributed by atoms with van der Waals surface area (Å²) >= 11 is 6.96. The van der Waals surface area contributed by atoms with E-state index >= 15 is 0 Å². The Balaban J connectivity index is 1.91. The van der Waals surface area contributed by atoms with E-state index in [2.05, 4.69) is 42.9 Å². The second kappa shape index (κ2) is 6.90. The van der Waals surface area contributed by atoms with Crippen molar-refractivity contribution in [3.8, 4) is 5.75 Å². The fourth-order valence-corrected chi connectivity index (χ4v) is 2.80. The Bertz CT molecular complexity index is 502. The number of aromatic nitrogens is 1. The lowest BCUT2D eigenvalue weighted by Gasteiger charge is -2.08. The minimum absolute atomic E-state index is 0.662. The molecule has 0 atom stereocenters. The highest BCUT2D eigenvalue weighted by atomic mass is 79.9. The Labute approximate surface area is 124 Å². The van der Waals surface area contributed by atoms with Gasteiger partial charge < -0.3 is 4.74 Å². The zero-order valence-electron chi connectivity index (χ0n) is 9.77. The van der Waals surface area contributed by atoms with Gasteiger partial charge in [0, 0.05) is 28.6 Å². The molecule has 0 amide bonds. The molecular weight excluding hydrogens is 358 g/mol. The third kappa shape index (κ3) is 3.82. The molecule has 0 aliphatic carbocycles. The second-order valence-corrected chi connectivity index (χ2v) is 5.26. The van der Waals surface area contributed by atoms with Crippen LogP contribution in [0.15, 0.2) is 47.2 Å². The number of rotatable bonds is 5. The quantitative estimate of drug-likeness (QED) is 0.729. The SMILES string of the molecule is BrCc1cc(OCCc2cccnc2)ccc1Br. The van der Waals surface area contributed by atoms with Gasteiger partial charge in [-0.25, -0.2) is 0 Å². The lowest BCUT2D eigenvalue weighted by atomic mass is 10.2. The van der Waals surface area contributed by atoms with E-state index in [1.165, 1.54) is 11.1 Å². The Hall–Kier alpha value is -0.870. The first-order valence-corrected chi connectivity index (χ1v) is 7.57. The number of ether oxygens (including phenoxy) is 1. The second-order valence-electron chi connectivity index (χ2n) is 3.85. The molecular formula is C14H13Br2NO. The Kier molecular flexibility index (Phi) is 5.20. The highest BCUT2D eigenvalue weighted by Crippen LogP contribution is 2.24. The number of pyridine rings is 1. The van der Waals surface area contributed by atoms with Crippen molar-refractivity contribution in [3.63, 3.8) is 0 Å². The molecule has 18 heavy (non-hydrogen) atoms. The first kappa shape index (κ1) is 13.6. The maximum atomic E-state index is 5.74. The van der Waals surface area contributed by atoms with Crippen LogP contribution in [-0.2, 0) is 11.8 Å². The summed E-state index contributed by atoms with van der Waals surface area (Å²) < 4.78 is 6.83. The normalized spacial score (nSPS) is 10.3. The number of hydrogen-bond acceptors (Lipinski definition) is 2. The third-order valence-corrected chi connectivity index (χ3v) is 3.92. The average molecular weight is 371 g/mol. The highest BCUT2D eigenvalue weighted by molar-refractivity contribution is 9.10. The molecule has 2 nitrogen and oxygen atoms in total. The number of halogens is 2. The van der Waals surface area contributed by atoms with Gasteiger partial charge in [0.15, 0.2) is 0 Å². The summed E-state index contributed by atoms with van der Waals surface area (Å²) in [4.78, 5) is 4.08. The molecule has 0 radical (unpaired) electrons. The van der Waals surface area contributed by atoms with Gasteiger partial charge in [-0.1, -0.05) is 37.9 Å². The van der Waals surface area contributed by atoms with Crippen LogP contribution in [-0.4, -0.2) is 11.6 Å². The summed E-state index contributed by atoms with van der Waals surface area (Å²) in [5.74, 6) is 0.900. The van der Waals surface area contributed by atoms with Gasteiger partial charge in [0.25, 0.3) is 0 Å². The van der Waals surface area contributed by atoms with Gasteiger partial charge in [0.2, 0.25) is 0 Å². The van der Waals surface area contributed by atoms with Crippen LogP contribution < -0.4 is 4.74 Å². The summed E-state index contributed by atoms with van der Waals surface area (Å²) in [5.41, 5.74) is 2.38. The summed E-state index contributed by atoms with van der Waals surface area (Å²) in [6.45, 7) is 0.662. The molecule has 0 unspecified atom stereocenters. The summed E-state index contributed by atoms with van der Waals surface area (Å²) in [6.07, 6.45) is 4.52. The van der Waals surface area contributed by atoms with Gasteiger partial charge >= 0.3 is 0 Å². The predicted octanol–water partition coefficient (Wildman–Crippen LogP) is 4.36. The van der Waals surface area contributed by atoms with Gasteiger partial charge in [0.05, 0.1) is 6.61 Å². The Morgan fingerprint density at radius 1 is 1.22 bits per heavy atom. The number of alkyl halides is 1. The van der Waals surface area contributed by atoms with Crippen LogP contribution in [0.3, 0.4) is 0 Å². The largest absolute Gasteiger partial charge is 0.493 e. The zero-order valence-corrected chi connectivity index (χ0v) is 12.9. The van der Waals surface area contributed by atoms with Crippen LogP contribution in [0.25, 0.3) is 0 Å². The van der Waals surface area contributed by atoms with E-state index in [1.54, 1.807) is 6.20 Å². The highest BCUT2D eigenvalue weighted by Gasteiger charge is 2.01. The van der Waals surface area contributed by atoms with Crippen molar-refractivity contribution in [2.75, 3.05) is 6.61 Å². The van der Waals surface area contributed by atoms with Crippen LogP contribution in [0.4, 0.5) is 0 Å². The molecule has 0 aliphatic rings. The van der Waals surface area contributed by atoms with E-state index in [1.807, 2.05) is 30.5 Å². The van der Waals surface area contributed by atoms with Crippen LogP contribution in [0.1, 0.15) is 11.1 Å². The van der Waals surface area contributed by atoms with Gasteiger partial charge in [-0.15, -0.1) is 0 Å². The molecule has 0 N–H and O–H groups in total. The summed E-state index contributed by atoms with van der Waals surface area (Å²) in [6, 6.07) is 10.0. The smallest absolute Gasteiger partial charge is 0.119 e. The van der Waals surface area contributed by atoms with E-state index < -0.39 is 0 Å². The zero-order chi connectivity index (χ0) is 12.8. The van der Waals surface area contributed by atoms with E-state index in [9.17, 15) is 0 Å². The minimum atomic E-state index is 0.662. The van der Waals surface area contributed by atoms with E-state index in [4.69, 9.17) is 4.74 Å². The van der Waals surface area contributed by atoms with E-state index in [-0.39, 0.29) is 0 Å². The molecule has 0 saturated carbocycles. The molecule has 2 rings (SSSR count). The molecule has 0 aliphatic heterocycles. The summed E-state index contributed by atoms with van der Waals surface area (Å²) in [5, 5.41) is 0.813. The van der Waals surface area contributed by atoms with Crippen molar-refractivity contribution < 1.29 is 4.74 Å². The van der Waals surface area contributed by atoms with Crippen LogP contribution in [0.2, 0.25) is 0 Å². The number of nitrogens with zero attached hydrogens (tertiary/aromatic N) is 1. The fourth-order valence-electron chi connectivity index (χ4n) is 1.58. The van der Waals surface area contributed by atoms with Gasteiger partial charge in [-0.2, -0.15) is 0 Å². The lowest BCUT2D eigenvalue weighted by Crippen LogP contribution is -2.01. The van der Waals surface area contributed by atoms with E-state index in [0.717, 1.165) is 22.0 Å². The van der Waals surface area contributed by atoms with Crippen LogP contribution in [0.5, 0.6) is 5.75 Å². The van der Waals surface area contributed by atoms with Gasteiger partial charge in [-0.05, 0) is 35.4 Å². The lowest BCUT2D eigenvalue weighted by molar-refractivity contribution is 0.321. The number of benzene rings is 1. The molecule has 2 aromatic rings. The van der Waals surface area contributed by atoms with E-state index in [0.29, 0.717) is 6.61 Å². The van der Waals surface area contributed by atoms with Gasteiger partial charge in [-0.3, -0.25) is 4.98 Å². The molecule has 0 fully saturated rings. The standard InChI is InChI=1S/C14H13Br2NO/c15-9-12-8-13(3-4-14(12)16)18-7-5-11-2-1-6-17-10-11/h1-4,6,8,10H,5,7,9H2. The van der Waals surface area contributed by atoms with Crippen molar-refractivity contribution in [3.05, 3.63) is 58.3 Å². The van der Waals surface area contributed by atoms with Crippen molar-refractivity contribution >= 4 is 31.9 Å². The Morgan fingerprint density at radius 3 is 2.83 bits per heavy atom. The molecule has 94 valence electrons. The van der Waals surface area contributed by atoms with Crippen LogP contribution >= 0.6 is 31.9 Å². The van der Waals surface area contributed by atoms with Crippen molar-refractivity contribution in [2.24, 2.45) is 0 Å². The monoisotopic (exact) mass is 369 g/mol. The maximum absolute atomic E-state index is 5.74. The minimum Gasteiger partial charge on any atom is -0.493 e. The topological polar surface area (TPSA) is 22.1 Å². The van der Waals surface area contributed by atoms with Crippen molar-refractivity contribution in [2.45, 2.75) is 11.8 Å². The molecule has 1 aromatic carbocycles. The molecule has 1 heterocycles. The summed E-state index contributed by atoms with van der Waals surface area (Å²) in [7, 11) is 0. The van der Waals surface area contributed by atoms with Crippen molar-refractivity contribution in [1.82, 2.24) is 4.98 Å². The molecule has 0 spiro atoms. The Morgan fingerprint density at radius 2 is 2.11 bits per heavy atom. The van der Waals surface area contributed by atoms with Crippen molar-refractivity contribution in [1.29, 1.82) is 0 Å². The molecule has 4 heteroatoms. The first-order valence-electron chi connectivity index (χ1n) is 5.65. The third-order valence-electron chi connectivity index (χ3n) is 2.54. The first-order chi connectivity index (χ1) is 8.79. The fraction of sp³-hybridized carbons (Fsp3) is 0.214.